The molecular formula is C13H21NOS. The van der Waals surface area contributed by atoms with Gasteiger partial charge in [0.05, 0.1) is 16.5 Å². The average Bonchev–Trinajstić information content (AvgIpc) is 2.79. The predicted molar refractivity (Wildman–Crippen MR) is 67.6 cm³/mol. The maximum Gasteiger partial charge on any atom is 0.0959 e. The highest BCUT2D eigenvalue weighted by Crippen LogP contribution is 2.38. The summed E-state index contributed by atoms with van der Waals surface area (Å²) in [6.45, 7) is 2.42. The lowest BCUT2D eigenvalue weighted by atomic mass is 9.80. The zero-order valence-corrected chi connectivity index (χ0v) is 10.8. The number of aliphatic hydroxyl groups is 1. The van der Waals surface area contributed by atoms with Crippen LogP contribution < -0.4 is 0 Å². The molecule has 0 saturated heterocycles. The summed E-state index contributed by atoms with van der Waals surface area (Å²) in [7, 11) is 0. The fraction of sp³-hybridized carbons (Fsp3) is 0.769. The van der Waals surface area contributed by atoms with Crippen LogP contribution in [0.1, 0.15) is 61.3 Å². The monoisotopic (exact) mass is 239 g/mol. The van der Waals surface area contributed by atoms with Crippen LogP contribution in [0.2, 0.25) is 0 Å². The minimum absolute atomic E-state index is 0.142. The van der Waals surface area contributed by atoms with Gasteiger partial charge in [-0.25, -0.2) is 4.98 Å². The molecule has 1 N–H and O–H groups in total. The van der Waals surface area contributed by atoms with E-state index in [9.17, 15) is 0 Å². The molecule has 0 atom stereocenters. The zero-order valence-electron chi connectivity index (χ0n) is 9.98. The first-order chi connectivity index (χ1) is 7.83. The molecule has 1 heterocycles. The van der Waals surface area contributed by atoms with Crippen LogP contribution in [0.15, 0.2) is 6.20 Å². The molecule has 0 radical (unpaired) electrons. The van der Waals surface area contributed by atoms with Crippen molar-refractivity contribution in [3.8, 4) is 0 Å². The summed E-state index contributed by atoms with van der Waals surface area (Å²) in [6, 6.07) is 0. The van der Waals surface area contributed by atoms with E-state index >= 15 is 0 Å². The van der Waals surface area contributed by atoms with Crippen molar-refractivity contribution in [2.75, 3.05) is 0 Å². The summed E-state index contributed by atoms with van der Waals surface area (Å²) < 4.78 is 0. The molecule has 1 saturated carbocycles. The van der Waals surface area contributed by atoms with E-state index in [0.717, 1.165) is 10.8 Å². The standard InChI is InChI=1S/C13H21NOS/c1-2-3-10-4-6-11(7-5-10)13-14-8-12(9-15)16-13/h8,10-11,15H,2-7,9H2,1H3. The van der Waals surface area contributed by atoms with E-state index in [0.29, 0.717) is 5.92 Å². The Morgan fingerprint density at radius 2 is 2.12 bits per heavy atom. The summed E-state index contributed by atoms with van der Waals surface area (Å²) in [5, 5.41) is 10.3. The fourth-order valence-electron chi connectivity index (χ4n) is 2.69. The molecule has 1 aromatic rings. The van der Waals surface area contributed by atoms with Gasteiger partial charge in [0, 0.05) is 12.1 Å². The van der Waals surface area contributed by atoms with Gasteiger partial charge in [-0.2, -0.15) is 0 Å². The van der Waals surface area contributed by atoms with Crippen LogP contribution in [0.25, 0.3) is 0 Å². The third-order valence-corrected chi connectivity index (χ3v) is 4.76. The molecule has 0 aromatic carbocycles. The van der Waals surface area contributed by atoms with Crippen molar-refractivity contribution in [3.63, 3.8) is 0 Å². The van der Waals surface area contributed by atoms with E-state index in [1.807, 2.05) is 6.20 Å². The van der Waals surface area contributed by atoms with Gasteiger partial charge in [0.1, 0.15) is 0 Å². The summed E-state index contributed by atoms with van der Waals surface area (Å²) in [5.74, 6) is 1.62. The Bertz CT molecular complexity index is 315. The number of aliphatic hydroxyl groups excluding tert-OH is 1. The van der Waals surface area contributed by atoms with Gasteiger partial charge in [0.2, 0.25) is 0 Å². The third kappa shape index (κ3) is 2.83. The number of hydrogen-bond donors (Lipinski definition) is 1. The highest BCUT2D eigenvalue weighted by Gasteiger charge is 2.23. The predicted octanol–water partition coefficient (Wildman–Crippen LogP) is 3.71. The van der Waals surface area contributed by atoms with Gasteiger partial charge in [0.15, 0.2) is 0 Å². The van der Waals surface area contributed by atoms with E-state index < -0.39 is 0 Å². The molecule has 2 nitrogen and oxygen atoms in total. The molecule has 0 spiro atoms. The molecule has 2 rings (SSSR count). The summed E-state index contributed by atoms with van der Waals surface area (Å²) in [6.07, 6.45) is 9.87. The van der Waals surface area contributed by atoms with E-state index in [1.54, 1.807) is 11.3 Å². The lowest BCUT2D eigenvalue weighted by Gasteiger charge is -2.26. The maximum absolute atomic E-state index is 9.03. The van der Waals surface area contributed by atoms with E-state index in [-0.39, 0.29) is 6.61 Å². The Labute approximate surface area is 102 Å². The normalized spacial score (nSPS) is 25.9. The molecule has 1 aliphatic rings. The minimum Gasteiger partial charge on any atom is -0.391 e. The van der Waals surface area contributed by atoms with Crippen LogP contribution in [-0.4, -0.2) is 10.1 Å². The SMILES string of the molecule is CCCC1CCC(c2ncc(CO)s2)CC1. The first kappa shape index (κ1) is 12.1. The van der Waals surface area contributed by atoms with Gasteiger partial charge < -0.3 is 5.11 Å². The molecule has 0 unspecified atom stereocenters. The number of nitrogens with zero attached hydrogens (tertiary/aromatic N) is 1. The average molecular weight is 239 g/mol. The molecule has 1 fully saturated rings. The van der Waals surface area contributed by atoms with Gasteiger partial charge in [-0.15, -0.1) is 11.3 Å². The van der Waals surface area contributed by atoms with Crippen LogP contribution in [0.3, 0.4) is 0 Å². The first-order valence-electron chi connectivity index (χ1n) is 6.39. The second kappa shape index (κ2) is 5.78. The van der Waals surface area contributed by atoms with E-state index in [2.05, 4.69) is 11.9 Å². The van der Waals surface area contributed by atoms with Crippen molar-refractivity contribution < 1.29 is 5.11 Å². The van der Waals surface area contributed by atoms with E-state index in [1.165, 1.54) is 43.5 Å². The number of rotatable bonds is 4. The second-order valence-electron chi connectivity index (χ2n) is 4.83. The van der Waals surface area contributed by atoms with Gasteiger partial charge >= 0.3 is 0 Å². The third-order valence-electron chi connectivity index (χ3n) is 3.62. The van der Waals surface area contributed by atoms with Crippen LogP contribution in [0, 0.1) is 5.92 Å². The Morgan fingerprint density at radius 3 is 2.69 bits per heavy atom. The molecule has 1 aliphatic carbocycles. The maximum atomic E-state index is 9.03. The van der Waals surface area contributed by atoms with Crippen LogP contribution in [0.5, 0.6) is 0 Å². The van der Waals surface area contributed by atoms with Gasteiger partial charge in [0.25, 0.3) is 0 Å². The molecule has 0 bridgehead atoms. The quantitative estimate of drug-likeness (QED) is 0.869. The smallest absolute Gasteiger partial charge is 0.0959 e. The Hall–Kier alpha value is -0.410. The van der Waals surface area contributed by atoms with Crippen molar-refractivity contribution in [1.29, 1.82) is 0 Å². The summed E-state index contributed by atoms with van der Waals surface area (Å²) in [4.78, 5) is 5.45. The lowest BCUT2D eigenvalue weighted by molar-refractivity contribution is 0.285. The highest BCUT2D eigenvalue weighted by atomic mass is 32.1. The largest absolute Gasteiger partial charge is 0.391 e. The van der Waals surface area contributed by atoms with Crippen LogP contribution in [0.4, 0.5) is 0 Å². The molecule has 0 aliphatic heterocycles. The first-order valence-corrected chi connectivity index (χ1v) is 7.20. The fourth-order valence-corrected chi connectivity index (χ4v) is 3.64. The van der Waals surface area contributed by atoms with Crippen molar-refractivity contribution in [2.45, 2.75) is 58.0 Å². The summed E-state index contributed by atoms with van der Waals surface area (Å²) in [5.41, 5.74) is 0. The van der Waals surface area contributed by atoms with Crippen molar-refractivity contribution in [1.82, 2.24) is 4.98 Å². The topological polar surface area (TPSA) is 33.1 Å². The lowest BCUT2D eigenvalue weighted by Crippen LogP contribution is -2.12. The molecule has 1 aromatic heterocycles. The van der Waals surface area contributed by atoms with Crippen LogP contribution >= 0.6 is 11.3 Å². The molecule has 16 heavy (non-hydrogen) atoms. The van der Waals surface area contributed by atoms with E-state index in [4.69, 9.17) is 5.11 Å². The van der Waals surface area contributed by atoms with Crippen molar-refractivity contribution in [2.24, 2.45) is 5.92 Å². The van der Waals surface area contributed by atoms with Gasteiger partial charge in [-0.3, -0.25) is 0 Å². The Morgan fingerprint density at radius 1 is 1.38 bits per heavy atom. The van der Waals surface area contributed by atoms with Gasteiger partial charge in [-0.05, 0) is 31.6 Å². The Balaban J connectivity index is 1.88. The van der Waals surface area contributed by atoms with Gasteiger partial charge in [-0.1, -0.05) is 19.8 Å². The number of hydrogen-bond acceptors (Lipinski definition) is 3. The zero-order chi connectivity index (χ0) is 11.4. The van der Waals surface area contributed by atoms with Crippen molar-refractivity contribution in [3.05, 3.63) is 16.1 Å². The number of thiazole rings is 1. The Kier molecular flexibility index (Phi) is 4.36. The number of aromatic nitrogens is 1. The van der Waals surface area contributed by atoms with Crippen molar-refractivity contribution >= 4 is 11.3 Å². The molecular weight excluding hydrogens is 218 g/mol. The minimum atomic E-state index is 0.142. The molecule has 0 amide bonds. The second-order valence-corrected chi connectivity index (χ2v) is 5.98. The highest BCUT2D eigenvalue weighted by molar-refractivity contribution is 7.11. The van der Waals surface area contributed by atoms with Crippen LogP contribution in [-0.2, 0) is 6.61 Å². The molecule has 3 heteroatoms. The molecule has 90 valence electrons. The summed E-state index contributed by atoms with van der Waals surface area (Å²) >= 11 is 1.69.